The van der Waals surface area contributed by atoms with Crippen LogP contribution in [-0.4, -0.2) is 109 Å². The molecule has 3 aromatic carbocycles. The van der Waals surface area contributed by atoms with E-state index >= 15 is 4.79 Å². The lowest BCUT2D eigenvalue weighted by atomic mass is 9.84. The van der Waals surface area contributed by atoms with Gasteiger partial charge in [-0.15, -0.1) is 0 Å². The van der Waals surface area contributed by atoms with Crippen molar-refractivity contribution in [2.45, 2.75) is 124 Å². The van der Waals surface area contributed by atoms with Crippen molar-refractivity contribution in [2.75, 3.05) is 66.8 Å². The second-order valence-corrected chi connectivity index (χ2v) is 22.5. The van der Waals surface area contributed by atoms with Crippen molar-refractivity contribution in [2.24, 2.45) is 0 Å². The lowest BCUT2D eigenvalue weighted by Gasteiger charge is -2.18. The average Bonchev–Trinajstić information content (AvgIpc) is 1.74. The van der Waals surface area contributed by atoms with Crippen molar-refractivity contribution in [3.63, 3.8) is 0 Å². The van der Waals surface area contributed by atoms with Crippen molar-refractivity contribution in [3.05, 3.63) is 152 Å². The van der Waals surface area contributed by atoms with Gasteiger partial charge in [-0.2, -0.15) is 0 Å². The molecule has 18 heteroatoms. The molecule has 0 saturated carbocycles. The maximum absolute atomic E-state index is 15.2. The quantitative estimate of drug-likeness (QED) is 0.0225. The van der Waals surface area contributed by atoms with Crippen molar-refractivity contribution >= 4 is 73.5 Å². The van der Waals surface area contributed by atoms with E-state index in [-0.39, 0.29) is 43.3 Å². The monoisotopic (exact) mass is 1210 g/mol. The molecule has 18 nitrogen and oxygen atoms in total. The molecule has 0 saturated heterocycles. The standard InChI is InChI=1S/C71H82N8O10/c1-12-14-15-16-27-87-46(7)66-44(5)57-36-56-43(4)52(25-26-64(80)85-10)68(78-56)54(35-65(81)86-11)69-67(45(6)58(79-69)37-60-51(13-2)42(3)55(76-60)38-61(66)77-57)71(82)72-40-49-21-17-19-47(32-49)23-24-48-20-18-22-50(33-48)75-70-53-34-62(88-30-28-83-8)63(89-31-29-84-9)39-59(53)73-41-74-70/h17-22,32-34,36-39,41,43,46,52,76-77H,12-16,25-31,35,40H2,1-11H3,(H,72,82)(H,73,74,75)/t43-,46?,52-/m0/s1. The summed E-state index contributed by atoms with van der Waals surface area (Å²) >= 11 is 0. The third-order valence-corrected chi connectivity index (χ3v) is 16.6. The molecule has 2 aliphatic rings. The predicted octanol–water partition coefficient (Wildman–Crippen LogP) is 13.1. The van der Waals surface area contributed by atoms with Gasteiger partial charge in [0.15, 0.2) is 11.5 Å². The van der Waals surface area contributed by atoms with Crippen molar-refractivity contribution in [3.8, 4) is 23.3 Å². The number of rotatable bonds is 26. The highest BCUT2D eigenvalue weighted by atomic mass is 16.6. The van der Waals surface area contributed by atoms with Gasteiger partial charge in [0.25, 0.3) is 5.91 Å². The number of ether oxygens (including phenoxy) is 7. The first-order chi connectivity index (χ1) is 43.2. The second kappa shape index (κ2) is 30.3. The highest BCUT2D eigenvalue weighted by Crippen LogP contribution is 2.45. The highest BCUT2D eigenvalue weighted by Gasteiger charge is 2.36. The Morgan fingerprint density at radius 1 is 0.708 bits per heavy atom. The Morgan fingerprint density at radius 2 is 1.42 bits per heavy atom. The Bertz CT molecular complexity index is 4000. The summed E-state index contributed by atoms with van der Waals surface area (Å²) in [5, 5.41) is 7.37. The van der Waals surface area contributed by atoms with E-state index in [1.807, 2.05) is 73.7 Å². The molecule has 89 heavy (non-hydrogen) atoms. The van der Waals surface area contributed by atoms with E-state index < -0.39 is 11.9 Å². The summed E-state index contributed by atoms with van der Waals surface area (Å²) in [6.45, 7) is 16.9. The number of allylic oxidation sites excluding steroid dienone is 1. The molecule has 2 aliphatic heterocycles. The highest BCUT2D eigenvalue weighted by molar-refractivity contribution is 6.27. The van der Waals surface area contributed by atoms with Gasteiger partial charge in [0.05, 0.1) is 68.1 Å². The summed E-state index contributed by atoms with van der Waals surface area (Å²) in [4.78, 5) is 69.2. The number of H-pyrrole nitrogens is 2. The molecule has 466 valence electrons. The molecule has 6 heterocycles. The van der Waals surface area contributed by atoms with Crippen LogP contribution in [0.1, 0.15) is 158 Å². The van der Waals surface area contributed by atoms with Crippen LogP contribution in [0.25, 0.3) is 44.1 Å². The third-order valence-electron chi connectivity index (χ3n) is 16.6. The molecule has 4 aromatic heterocycles. The Morgan fingerprint density at radius 3 is 2.13 bits per heavy atom. The molecule has 0 spiro atoms. The summed E-state index contributed by atoms with van der Waals surface area (Å²) < 4.78 is 39.6. The number of nitrogens with one attached hydrogen (secondary N) is 4. The van der Waals surface area contributed by atoms with E-state index in [4.69, 9.17) is 43.1 Å². The van der Waals surface area contributed by atoms with E-state index in [9.17, 15) is 9.59 Å². The number of methoxy groups -OCH3 is 4. The third kappa shape index (κ3) is 15.3. The molecule has 4 N–H and O–H groups in total. The van der Waals surface area contributed by atoms with Gasteiger partial charge in [-0.25, -0.2) is 15.0 Å². The maximum Gasteiger partial charge on any atom is 0.310 e. The van der Waals surface area contributed by atoms with Crippen molar-refractivity contribution in [1.29, 1.82) is 0 Å². The number of anilines is 2. The maximum atomic E-state index is 15.2. The lowest BCUT2D eigenvalue weighted by Crippen LogP contribution is -2.25. The van der Waals surface area contributed by atoms with Gasteiger partial charge < -0.3 is 53.8 Å². The first-order valence-corrected chi connectivity index (χ1v) is 30.7. The largest absolute Gasteiger partial charge is 0.487 e. The molecule has 1 unspecified atom stereocenters. The molecule has 8 bridgehead atoms. The molecule has 0 aliphatic carbocycles. The van der Waals surface area contributed by atoms with E-state index in [2.05, 4.69) is 96.1 Å². The molecule has 3 atom stereocenters. The second-order valence-electron chi connectivity index (χ2n) is 22.5. The van der Waals surface area contributed by atoms with Gasteiger partial charge in [0, 0.05) is 113 Å². The van der Waals surface area contributed by atoms with Gasteiger partial charge >= 0.3 is 11.9 Å². The fourth-order valence-electron chi connectivity index (χ4n) is 11.7. The van der Waals surface area contributed by atoms with Crippen LogP contribution in [0, 0.1) is 25.7 Å². The molecule has 1 amide bonds. The minimum Gasteiger partial charge on any atom is -0.487 e. The number of aromatic amines is 2. The summed E-state index contributed by atoms with van der Waals surface area (Å²) in [5.41, 5.74) is 15.1. The van der Waals surface area contributed by atoms with E-state index in [0.29, 0.717) is 96.1 Å². The van der Waals surface area contributed by atoms with E-state index in [1.165, 1.54) is 27.0 Å². The first kappa shape index (κ1) is 64.6. The van der Waals surface area contributed by atoms with Crippen molar-refractivity contribution in [1.82, 2.24) is 35.2 Å². The number of amides is 1. The van der Waals surface area contributed by atoms with E-state index in [1.54, 1.807) is 14.2 Å². The first-order valence-electron chi connectivity index (χ1n) is 30.7. The minimum absolute atomic E-state index is 0.103. The minimum atomic E-state index is -0.531. The van der Waals surface area contributed by atoms with Gasteiger partial charge in [0.1, 0.15) is 25.4 Å². The number of hydrogen-bond donors (Lipinski definition) is 4. The molecule has 9 rings (SSSR count). The number of fused-ring (bicyclic) bond motifs is 9. The molecular formula is C71H82N8O10. The number of hydrogen-bond acceptors (Lipinski definition) is 15. The Labute approximate surface area is 520 Å². The summed E-state index contributed by atoms with van der Waals surface area (Å²) in [6, 6.07) is 25.4. The van der Waals surface area contributed by atoms with Crippen LogP contribution in [0.5, 0.6) is 11.5 Å². The van der Waals surface area contributed by atoms with Crippen LogP contribution in [0.4, 0.5) is 11.5 Å². The molecule has 0 radical (unpaired) electrons. The van der Waals surface area contributed by atoms with Crippen LogP contribution in [0.2, 0.25) is 0 Å². The zero-order valence-electron chi connectivity index (χ0n) is 53.1. The topological polar surface area (TPSA) is 223 Å². The summed E-state index contributed by atoms with van der Waals surface area (Å²) in [7, 11) is 5.95. The number of aromatic nitrogens is 6. The molecule has 0 fully saturated rings. The van der Waals surface area contributed by atoms with E-state index in [0.717, 1.165) is 103 Å². The fraction of sp³-hybridized carbons (Fsp3) is 0.394. The zero-order chi connectivity index (χ0) is 63.1. The smallest absolute Gasteiger partial charge is 0.310 e. The number of aryl methyl sites for hydroxylation is 3. The van der Waals surface area contributed by atoms with Crippen molar-refractivity contribution < 1.29 is 47.5 Å². The number of carbonyl (C=O) groups excluding carboxylic acids is 3. The van der Waals surface area contributed by atoms with Crippen LogP contribution < -0.4 is 20.1 Å². The number of carbonyl (C=O) groups is 3. The van der Waals surface area contributed by atoms with Crippen LogP contribution in [0.3, 0.4) is 0 Å². The number of benzene rings is 3. The number of esters is 2. The van der Waals surface area contributed by atoms with Gasteiger partial charge in [-0.05, 0) is 129 Å². The summed E-state index contributed by atoms with van der Waals surface area (Å²) in [6.07, 6.45) is 6.64. The average molecular weight is 1210 g/mol. The molecular weight excluding hydrogens is 1120 g/mol. The SMILES string of the molecule is CCCCCCOC(C)c1c(C)c2cc3nc(c(CC(=O)OC)c4nc(cc5[nH]c(cc1[nH]2)c(C)c5CC)C(C)=C4C(=O)NCc1cccc(C#Cc2cccc(Nc4ncnc5cc(OCCOC)c(OCCOC)cc45)c2)c1)[C@@H](CCC(=O)OC)[C@@H]3C. The molecule has 7 aromatic rings. The fourth-order valence-corrected chi connectivity index (χ4v) is 11.7. The lowest BCUT2D eigenvalue weighted by molar-refractivity contribution is -0.141. The van der Waals surface area contributed by atoms with Crippen LogP contribution in [-0.2, 0) is 57.5 Å². The van der Waals surface area contributed by atoms with Gasteiger partial charge in [-0.1, -0.05) is 70.1 Å². The normalized spacial score (nSPS) is 14.1. The predicted molar refractivity (Wildman–Crippen MR) is 347 cm³/mol. The Balaban J connectivity index is 1.07. The Kier molecular flexibility index (Phi) is 22.0. The van der Waals surface area contributed by atoms with Gasteiger partial charge in [0.2, 0.25) is 0 Å². The van der Waals surface area contributed by atoms with Crippen LogP contribution >= 0.6 is 0 Å². The zero-order valence-corrected chi connectivity index (χ0v) is 53.1. The Hall–Kier alpha value is -8.89. The van der Waals surface area contributed by atoms with Crippen LogP contribution in [0.15, 0.2) is 85.2 Å². The number of unbranched alkanes of at least 4 members (excludes halogenated alkanes) is 3. The summed E-state index contributed by atoms with van der Waals surface area (Å²) in [5.74, 6) is 6.38. The number of nitrogens with zero attached hydrogens (tertiary/aromatic N) is 4. The van der Waals surface area contributed by atoms with Gasteiger partial charge in [-0.3, -0.25) is 19.4 Å².